The molecule has 0 fully saturated rings. The monoisotopic (exact) mass is 362 g/mol. The van der Waals surface area contributed by atoms with Crippen LogP contribution < -0.4 is 0 Å². The van der Waals surface area contributed by atoms with Crippen LogP contribution in [-0.4, -0.2) is 51.4 Å². The molecule has 4 atom stereocenters. The Balaban J connectivity index is 4.78. The van der Waals surface area contributed by atoms with Crippen molar-refractivity contribution < 1.29 is 23.1 Å². The molecule has 0 spiro atoms. The number of hydrogen-bond acceptors (Lipinski definition) is 5. The zero-order valence-electron chi connectivity index (χ0n) is 10.9. The van der Waals surface area contributed by atoms with E-state index in [4.69, 9.17) is 7.80 Å². The predicted octanol–water partition coefficient (Wildman–Crippen LogP) is 1.03. The van der Waals surface area contributed by atoms with E-state index < -0.39 is 30.0 Å². The lowest BCUT2D eigenvalue weighted by molar-refractivity contribution is -0.173. The summed E-state index contributed by atoms with van der Waals surface area (Å²) < 4.78 is 10.6. The van der Waals surface area contributed by atoms with Crippen LogP contribution in [0.2, 0.25) is 0 Å². The Kier molecular flexibility index (Phi) is 7.43. The molecule has 0 aliphatic carbocycles. The maximum Gasteiger partial charge on any atom is 0.127 e. The largest absolute Gasteiger partial charge is 0.391 e. The number of hydrogen-bond donors (Lipinski definition) is 3. The Morgan fingerprint density at radius 3 is 1.82 bits per heavy atom. The van der Waals surface area contributed by atoms with Crippen molar-refractivity contribution >= 4 is 23.0 Å². The smallest absolute Gasteiger partial charge is 0.127 e. The minimum absolute atomic E-state index is 0.0572. The van der Waals surface area contributed by atoms with Crippen LogP contribution in [0, 0.1) is 0 Å². The topological polar surface area (TPSA) is 79.2 Å². The third-order valence-corrected chi connectivity index (χ3v) is 3.08. The van der Waals surface area contributed by atoms with E-state index in [1.807, 2.05) is 13.8 Å². The van der Waals surface area contributed by atoms with Gasteiger partial charge in [0.25, 0.3) is 0 Å². The molecule has 0 bridgehead atoms. The third-order valence-electron chi connectivity index (χ3n) is 2.50. The fourth-order valence-electron chi connectivity index (χ4n) is 1.64. The molecule has 0 aromatic carbocycles. The molecule has 4 unspecified atom stereocenters. The van der Waals surface area contributed by atoms with Gasteiger partial charge >= 0.3 is 0 Å². The van der Waals surface area contributed by atoms with Gasteiger partial charge in [-0.05, 0) is 34.6 Å². The van der Waals surface area contributed by atoms with Gasteiger partial charge in [0.15, 0.2) is 0 Å². The number of aliphatic hydroxyl groups excluding tert-OH is 3. The number of rotatable bonds is 7. The second-order valence-corrected chi connectivity index (χ2v) is 5.51. The highest BCUT2D eigenvalue weighted by atomic mass is 127. The van der Waals surface area contributed by atoms with Gasteiger partial charge in [-0.3, -0.25) is 0 Å². The molecule has 0 aromatic heterocycles. The molecule has 104 valence electrons. The first kappa shape index (κ1) is 17.5. The van der Waals surface area contributed by atoms with Crippen LogP contribution in [0.15, 0.2) is 0 Å². The van der Waals surface area contributed by atoms with Gasteiger partial charge in [-0.15, -0.1) is 0 Å². The van der Waals surface area contributed by atoms with Crippen molar-refractivity contribution in [1.82, 2.24) is 0 Å². The van der Waals surface area contributed by atoms with Crippen LogP contribution in [0.1, 0.15) is 34.6 Å². The van der Waals surface area contributed by atoms with Crippen molar-refractivity contribution in [3.05, 3.63) is 0 Å². The first-order valence-electron chi connectivity index (χ1n) is 5.63. The molecule has 0 saturated heterocycles. The predicted molar refractivity (Wildman–Crippen MR) is 72.9 cm³/mol. The van der Waals surface area contributed by atoms with Crippen molar-refractivity contribution in [2.45, 2.75) is 70.7 Å². The minimum Gasteiger partial charge on any atom is -0.391 e. The van der Waals surface area contributed by atoms with Crippen molar-refractivity contribution in [2.75, 3.05) is 0 Å². The number of halogens is 1. The van der Waals surface area contributed by atoms with E-state index in [0.717, 1.165) is 0 Å². The van der Waals surface area contributed by atoms with Crippen molar-refractivity contribution in [1.29, 1.82) is 0 Å². The Morgan fingerprint density at radius 2 is 1.53 bits per heavy atom. The SMILES string of the molecule is CC(C)OC(C)(C)C(O)C(OI)C(O)C(C)O. The second-order valence-electron chi connectivity index (χ2n) is 5.00. The van der Waals surface area contributed by atoms with Crippen LogP contribution in [0.25, 0.3) is 0 Å². The maximum absolute atomic E-state index is 10.2. The third kappa shape index (κ3) is 5.35. The van der Waals surface area contributed by atoms with E-state index in [1.54, 1.807) is 36.9 Å². The zero-order valence-corrected chi connectivity index (χ0v) is 13.1. The molecule has 0 saturated carbocycles. The van der Waals surface area contributed by atoms with E-state index in [1.165, 1.54) is 6.92 Å². The highest BCUT2D eigenvalue weighted by molar-refractivity contribution is 14.1. The van der Waals surface area contributed by atoms with E-state index in [-0.39, 0.29) is 6.10 Å². The molecule has 3 N–H and O–H groups in total. The van der Waals surface area contributed by atoms with Gasteiger partial charge in [0.1, 0.15) is 41.3 Å². The summed E-state index contributed by atoms with van der Waals surface area (Å²) >= 11 is 1.60. The fraction of sp³-hybridized carbons (Fsp3) is 1.00. The standard InChI is InChI=1S/C11H23IO5/c1-6(2)16-11(4,5)10(15)9(17-12)8(14)7(3)13/h6-10,13-15H,1-5H3. The quantitative estimate of drug-likeness (QED) is 0.590. The van der Waals surface area contributed by atoms with Crippen molar-refractivity contribution in [2.24, 2.45) is 0 Å². The van der Waals surface area contributed by atoms with Gasteiger partial charge < -0.3 is 23.1 Å². The molecular formula is C11H23IO5. The van der Waals surface area contributed by atoms with Crippen LogP contribution in [0.5, 0.6) is 0 Å². The Bertz CT molecular complexity index is 220. The lowest BCUT2D eigenvalue weighted by Gasteiger charge is -2.38. The maximum atomic E-state index is 10.2. The van der Waals surface area contributed by atoms with Crippen LogP contribution >= 0.6 is 23.0 Å². The summed E-state index contributed by atoms with van der Waals surface area (Å²) in [5, 5.41) is 29.3. The zero-order chi connectivity index (χ0) is 13.8. The highest BCUT2D eigenvalue weighted by Gasteiger charge is 2.41. The van der Waals surface area contributed by atoms with Crippen LogP contribution in [0.3, 0.4) is 0 Å². The summed E-state index contributed by atoms with van der Waals surface area (Å²) in [5.74, 6) is 0. The summed E-state index contributed by atoms with van der Waals surface area (Å²) in [7, 11) is 0. The van der Waals surface area contributed by atoms with Crippen molar-refractivity contribution in [3.63, 3.8) is 0 Å². The molecule has 0 rings (SSSR count). The lowest BCUT2D eigenvalue weighted by Crippen LogP contribution is -2.54. The summed E-state index contributed by atoms with van der Waals surface area (Å²) in [4.78, 5) is 0. The molecule has 0 heterocycles. The summed E-state index contributed by atoms with van der Waals surface area (Å²) in [5.41, 5.74) is -0.875. The van der Waals surface area contributed by atoms with Crippen molar-refractivity contribution in [3.8, 4) is 0 Å². The average Bonchev–Trinajstić information content (AvgIpc) is 2.16. The average molecular weight is 362 g/mol. The van der Waals surface area contributed by atoms with Gasteiger partial charge in [0.05, 0.1) is 17.8 Å². The van der Waals surface area contributed by atoms with Gasteiger partial charge in [0, 0.05) is 0 Å². The minimum atomic E-state index is -1.17. The molecule has 0 aromatic rings. The van der Waals surface area contributed by atoms with E-state index >= 15 is 0 Å². The fourth-order valence-corrected chi connectivity index (χ4v) is 2.21. The van der Waals surface area contributed by atoms with Gasteiger partial charge in [0.2, 0.25) is 0 Å². The molecule has 0 radical (unpaired) electrons. The molecule has 0 amide bonds. The number of ether oxygens (including phenoxy) is 1. The number of aliphatic hydroxyl groups is 3. The first-order chi connectivity index (χ1) is 7.63. The molecule has 0 aliphatic heterocycles. The Hall–Kier alpha value is 0.530. The molecule has 0 aliphatic rings. The summed E-state index contributed by atoms with van der Waals surface area (Å²) in [6, 6.07) is 0. The second kappa shape index (κ2) is 7.20. The van der Waals surface area contributed by atoms with Gasteiger partial charge in [-0.2, -0.15) is 0 Å². The van der Waals surface area contributed by atoms with E-state index in [9.17, 15) is 15.3 Å². The Labute approximate surface area is 117 Å². The molecule has 6 heteroatoms. The first-order valence-corrected chi connectivity index (χ1v) is 6.51. The normalized spacial score (nSPS) is 20.1. The van der Waals surface area contributed by atoms with Crippen LogP contribution in [-0.2, 0) is 7.80 Å². The van der Waals surface area contributed by atoms with E-state index in [0.29, 0.717) is 0 Å². The van der Waals surface area contributed by atoms with Crippen LogP contribution in [0.4, 0.5) is 0 Å². The molecular weight excluding hydrogens is 339 g/mol. The summed E-state index contributed by atoms with van der Waals surface area (Å²) in [6.45, 7) is 8.60. The highest BCUT2D eigenvalue weighted by Crippen LogP contribution is 2.25. The van der Waals surface area contributed by atoms with E-state index in [2.05, 4.69) is 0 Å². The molecule has 17 heavy (non-hydrogen) atoms. The Morgan fingerprint density at radius 1 is 1.06 bits per heavy atom. The summed E-state index contributed by atoms with van der Waals surface area (Å²) in [6.07, 6.45) is -4.18. The lowest BCUT2D eigenvalue weighted by atomic mass is 9.91. The van der Waals surface area contributed by atoms with Gasteiger partial charge in [-0.1, -0.05) is 0 Å². The molecule has 5 nitrogen and oxygen atoms in total. The van der Waals surface area contributed by atoms with Gasteiger partial charge in [-0.25, -0.2) is 0 Å².